The van der Waals surface area contributed by atoms with E-state index >= 15 is 0 Å². The Balaban J connectivity index is 4.27. The first-order valence-corrected chi connectivity index (χ1v) is 33.3. The average molecular weight is 1120 g/mol. The number of hydrogen-bond acceptors (Lipinski definition) is 6. The lowest BCUT2D eigenvalue weighted by Gasteiger charge is -2.18. The largest absolute Gasteiger partial charge is 0.462 e. The van der Waals surface area contributed by atoms with E-state index in [4.69, 9.17) is 14.2 Å². The van der Waals surface area contributed by atoms with Crippen LogP contribution in [0.3, 0.4) is 0 Å². The number of allylic oxidation sites excluding steroid dienone is 24. The van der Waals surface area contributed by atoms with E-state index in [9.17, 15) is 14.4 Å². The Hall–Kier alpha value is -4.71. The molecule has 81 heavy (non-hydrogen) atoms. The van der Waals surface area contributed by atoms with Crippen LogP contribution in [-0.4, -0.2) is 37.2 Å². The van der Waals surface area contributed by atoms with E-state index in [0.717, 1.165) is 141 Å². The van der Waals surface area contributed by atoms with E-state index in [2.05, 4.69) is 167 Å². The molecule has 0 saturated heterocycles. The third-order valence-electron chi connectivity index (χ3n) is 13.8. The molecule has 1 atom stereocenters. The van der Waals surface area contributed by atoms with E-state index in [1.54, 1.807) is 0 Å². The molecular weight excluding hydrogens is 997 g/mol. The van der Waals surface area contributed by atoms with E-state index < -0.39 is 6.10 Å². The van der Waals surface area contributed by atoms with Gasteiger partial charge in [-0.1, -0.05) is 295 Å². The van der Waals surface area contributed by atoms with Gasteiger partial charge in [0, 0.05) is 19.3 Å². The summed E-state index contributed by atoms with van der Waals surface area (Å²) < 4.78 is 16.9. The summed E-state index contributed by atoms with van der Waals surface area (Å²) in [6.07, 6.45) is 97.2. The molecule has 0 aromatic heterocycles. The Labute approximate surface area is 499 Å². The topological polar surface area (TPSA) is 78.9 Å². The molecule has 6 heteroatoms. The summed E-state index contributed by atoms with van der Waals surface area (Å²) in [6, 6.07) is 0. The monoisotopic (exact) mass is 1120 g/mol. The smallest absolute Gasteiger partial charge is 0.306 e. The highest BCUT2D eigenvalue weighted by atomic mass is 16.6. The van der Waals surface area contributed by atoms with Gasteiger partial charge in [0.25, 0.3) is 0 Å². The molecule has 0 fully saturated rings. The predicted octanol–water partition coefficient (Wildman–Crippen LogP) is 23.1. The standard InChI is InChI=1S/C75H122O6/c1-4-7-10-13-16-19-22-24-26-28-30-31-32-33-34-35-36-37-38-39-40-41-42-43-45-46-48-50-53-56-59-62-65-68-74(77)80-71-72(70-79-73(76)67-64-61-58-55-52-21-18-15-12-9-6-3)81-75(78)69-66-63-60-57-54-51-49-47-44-29-27-25-23-20-17-14-11-8-5-2/h7-8,10-11,16-17,19-20,24-27,30-31,33-34,36-37,39-40,44,47,51,54,72H,4-6,9,12-15,18,21-23,28-29,32,35,38,41-43,45-46,48-50,52-53,55-71H2,1-3H3/b10-7-,11-8-,19-16-,20-17-,26-24-,27-25-,31-30-,34-33-,37-36-,40-39-,47-44-,54-51-. The van der Waals surface area contributed by atoms with Crippen LogP contribution in [-0.2, 0) is 28.6 Å². The highest BCUT2D eigenvalue weighted by Crippen LogP contribution is 2.16. The molecule has 0 saturated carbocycles. The molecule has 0 aliphatic carbocycles. The van der Waals surface area contributed by atoms with E-state index in [1.807, 2.05) is 0 Å². The zero-order valence-corrected chi connectivity index (χ0v) is 52.5. The lowest BCUT2D eigenvalue weighted by atomic mass is 10.0. The molecule has 0 amide bonds. The van der Waals surface area contributed by atoms with Gasteiger partial charge >= 0.3 is 17.9 Å². The van der Waals surface area contributed by atoms with Crippen molar-refractivity contribution in [3.8, 4) is 0 Å². The number of hydrogen-bond donors (Lipinski definition) is 0. The van der Waals surface area contributed by atoms with Crippen LogP contribution in [0, 0.1) is 0 Å². The molecule has 0 bridgehead atoms. The van der Waals surface area contributed by atoms with Crippen LogP contribution in [0.15, 0.2) is 146 Å². The summed E-state index contributed by atoms with van der Waals surface area (Å²) in [6.45, 7) is 6.38. The van der Waals surface area contributed by atoms with Gasteiger partial charge in [0.2, 0.25) is 0 Å². The van der Waals surface area contributed by atoms with Crippen molar-refractivity contribution in [3.63, 3.8) is 0 Å². The molecular formula is C75H122O6. The maximum absolute atomic E-state index is 12.9. The number of carbonyl (C=O) groups is 3. The third kappa shape index (κ3) is 66.0. The van der Waals surface area contributed by atoms with Gasteiger partial charge in [0.1, 0.15) is 13.2 Å². The van der Waals surface area contributed by atoms with Crippen molar-refractivity contribution in [2.24, 2.45) is 0 Å². The Bertz CT molecular complexity index is 1760. The van der Waals surface area contributed by atoms with E-state index in [1.165, 1.54) is 109 Å². The van der Waals surface area contributed by atoms with Crippen LogP contribution in [0.4, 0.5) is 0 Å². The maximum Gasteiger partial charge on any atom is 0.306 e. The Morgan fingerprint density at radius 1 is 0.259 bits per heavy atom. The molecule has 0 rings (SSSR count). The van der Waals surface area contributed by atoms with Crippen LogP contribution >= 0.6 is 0 Å². The van der Waals surface area contributed by atoms with Crippen molar-refractivity contribution < 1.29 is 28.6 Å². The van der Waals surface area contributed by atoms with Crippen molar-refractivity contribution in [1.82, 2.24) is 0 Å². The van der Waals surface area contributed by atoms with Gasteiger partial charge in [-0.25, -0.2) is 0 Å². The Morgan fingerprint density at radius 2 is 0.481 bits per heavy atom. The molecule has 0 spiro atoms. The van der Waals surface area contributed by atoms with Crippen molar-refractivity contribution in [1.29, 1.82) is 0 Å². The summed E-state index contributed by atoms with van der Waals surface area (Å²) >= 11 is 0. The minimum atomic E-state index is -0.800. The van der Waals surface area contributed by atoms with Gasteiger partial charge in [0.15, 0.2) is 6.10 Å². The number of carbonyl (C=O) groups excluding carboxylic acids is 3. The van der Waals surface area contributed by atoms with Crippen LogP contribution < -0.4 is 0 Å². The molecule has 0 heterocycles. The second-order valence-corrected chi connectivity index (χ2v) is 21.6. The number of esters is 3. The van der Waals surface area contributed by atoms with Gasteiger partial charge in [-0.05, 0) is 122 Å². The summed E-state index contributed by atoms with van der Waals surface area (Å²) in [4.78, 5) is 38.3. The number of rotatable bonds is 59. The van der Waals surface area contributed by atoms with Crippen LogP contribution in [0.2, 0.25) is 0 Å². The Morgan fingerprint density at radius 3 is 0.765 bits per heavy atom. The second-order valence-electron chi connectivity index (χ2n) is 21.6. The highest BCUT2D eigenvalue weighted by Gasteiger charge is 2.19. The van der Waals surface area contributed by atoms with Crippen molar-refractivity contribution in [2.75, 3.05) is 13.2 Å². The second kappa shape index (κ2) is 67.8. The molecule has 0 radical (unpaired) electrons. The first-order valence-electron chi connectivity index (χ1n) is 33.3. The molecule has 1 unspecified atom stereocenters. The van der Waals surface area contributed by atoms with E-state index in [-0.39, 0.29) is 37.5 Å². The lowest BCUT2D eigenvalue weighted by Crippen LogP contribution is -2.30. The fraction of sp³-hybridized carbons (Fsp3) is 0.640. The molecule has 0 aliphatic rings. The fourth-order valence-corrected chi connectivity index (χ4v) is 8.92. The molecule has 0 N–H and O–H groups in total. The van der Waals surface area contributed by atoms with Crippen molar-refractivity contribution >= 4 is 17.9 Å². The van der Waals surface area contributed by atoms with Gasteiger partial charge in [0.05, 0.1) is 0 Å². The van der Waals surface area contributed by atoms with Crippen LogP contribution in [0.1, 0.15) is 290 Å². The van der Waals surface area contributed by atoms with E-state index in [0.29, 0.717) is 12.8 Å². The minimum absolute atomic E-state index is 0.0936. The molecule has 0 aromatic carbocycles. The SMILES string of the molecule is CC/C=C\C/C=C\C/C=C\C/C=C\C/C=C\C/C=C\C/C=C\CCCCCCCCCCCCCC(=O)OCC(COC(=O)CCCCCCCCCCCCC)OC(=O)CCCCC/C=C\C/C=C\C/C=C\C/C=C\C/C=C\CC. The van der Waals surface area contributed by atoms with Crippen molar-refractivity contribution in [3.05, 3.63) is 146 Å². The Kier molecular flexibility index (Phi) is 63.9. The van der Waals surface area contributed by atoms with Crippen LogP contribution in [0.25, 0.3) is 0 Å². The van der Waals surface area contributed by atoms with Crippen molar-refractivity contribution in [2.45, 2.75) is 297 Å². The zero-order chi connectivity index (χ0) is 58.5. The summed E-state index contributed by atoms with van der Waals surface area (Å²) in [5, 5.41) is 0. The van der Waals surface area contributed by atoms with Crippen LogP contribution in [0.5, 0.6) is 0 Å². The molecule has 0 aliphatic heterocycles. The average Bonchev–Trinajstić information content (AvgIpc) is 3.47. The lowest BCUT2D eigenvalue weighted by molar-refractivity contribution is -0.167. The fourth-order valence-electron chi connectivity index (χ4n) is 8.92. The number of ether oxygens (including phenoxy) is 3. The van der Waals surface area contributed by atoms with Gasteiger partial charge in [-0.3, -0.25) is 14.4 Å². The molecule has 6 nitrogen and oxygen atoms in total. The molecule has 458 valence electrons. The first-order chi connectivity index (χ1) is 40.0. The number of unbranched alkanes of at least 4 members (excludes halogenated alkanes) is 24. The minimum Gasteiger partial charge on any atom is -0.462 e. The summed E-state index contributed by atoms with van der Waals surface area (Å²) in [5.41, 5.74) is 0. The first kappa shape index (κ1) is 76.3. The third-order valence-corrected chi connectivity index (χ3v) is 13.8. The zero-order valence-electron chi connectivity index (χ0n) is 52.5. The summed E-state index contributed by atoms with van der Waals surface area (Å²) in [5.74, 6) is -0.928. The van der Waals surface area contributed by atoms with Gasteiger partial charge < -0.3 is 14.2 Å². The quantitative estimate of drug-likeness (QED) is 0.0261. The maximum atomic E-state index is 12.9. The predicted molar refractivity (Wildman–Crippen MR) is 352 cm³/mol. The van der Waals surface area contributed by atoms with Gasteiger partial charge in [-0.15, -0.1) is 0 Å². The molecule has 0 aromatic rings. The normalized spacial score (nSPS) is 13.1. The van der Waals surface area contributed by atoms with Gasteiger partial charge in [-0.2, -0.15) is 0 Å². The summed E-state index contributed by atoms with van der Waals surface area (Å²) in [7, 11) is 0. The highest BCUT2D eigenvalue weighted by molar-refractivity contribution is 5.71.